The van der Waals surface area contributed by atoms with Gasteiger partial charge in [-0.2, -0.15) is 10.2 Å². The molecule has 0 amide bonds. The number of benzene rings is 2. The molecule has 5 nitrogen and oxygen atoms in total. The van der Waals surface area contributed by atoms with E-state index >= 15 is 0 Å². The monoisotopic (exact) mass is 460 g/mol. The molecule has 6 heteroatoms. The Morgan fingerprint density at radius 1 is 0.844 bits per heavy atom. The summed E-state index contributed by atoms with van der Waals surface area (Å²) in [5, 5.41) is 19.5. The number of phenolic OH excluding ortho intramolecular Hbond substituents is 1. The number of hydrogen-bond donors (Lipinski definition) is 1. The SMILES string of the molecule is CCCCCCCCCCOC[N+](C)(C)Cc1cc(N=Nc2ccc(Cl)cc2)ccc1O. The van der Waals surface area contributed by atoms with Gasteiger partial charge in [0.2, 0.25) is 0 Å². The molecule has 2 aromatic carbocycles. The van der Waals surface area contributed by atoms with Gasteiger partial charge in [-0.25, -0.2) is 0 Å². The van der Waals surface area contributed by atoms with Crippen LogP contribution in [-0.2, 0) is 11.3 Å². The van der Waals surface area contributed by atoms with E-state index in [-0.39, 0.29) is 5.75 Å². The molecule has 0 heterocycles. The van der Waals surface area contributed by atoms with Crippen molar-refractivity contribution < 1.29 is 14.3 Å². The largest absolute Gasteiger partial charge is 0.507 e. The van der Waals surface area contributed by atoms with Crippen molar-refractivity contribution in [3.05, 3.63) is 53.1 Å². The summed E-state index contributed by atoms with van der Waals surface area (Å²) in [6.45, 7) is 4.29. The van der Waals surface area contributed by atoms with Crippen LogP contribution < -0.4 is 0 Å². The fourth-order valence-electron chi connectivity index (χ4n) is 3.54. The molecule has 0 aliphatic rings. The Balaban J connectivity index is 1.76. The van der Waals surface area contributed by atoms with Crippen LogP contribution >= 0.6 is 11.6 Å². The summed E-state index contributed by atoms with van der Waals surface area (Å²) in [6.07, 6.45) is 10.4. The van der Waals surface area contributed by atoms with E-state index in [0.29, 0.717) is 28.5 Å². The lowest BCUT2D eigenvalue weighted by atomic mass is 10.1. The molecule has 1 N–H and O–H groups in total. The fourth-order valence-corrected chi connectivity index (χ4v) is 3.67. The first-order valence-corrected chi connectivity index (χ1v) is 12.2. The topological polar surface area (TPSA) is 54.2 Å². The Morgan fingerprint density at radius 3 is 2.12 bits per heavy atom. The summed E-state index contributed by atoms with van der Waals surface area (Å²) in [4.78, 5) is 0. The second-order valence-corrected chi connectivity index (χ2v) is 9.53. The average molecular weight is 461 g/mol. The molecule has 0 aromatic heterocycles. The van der Waals surface area contributed by atoms with Gasteiger partial charge in [0.1, 0.15) is 12.3 Å². The third-order valence-corrected chi connectivity index (χ3v) is 5.60. The number of aromatic hydroxyl groups is 1. The van der Waals surface area contributed by atoms with Crippen molar-refractivity contribution in [3.63, 3.8) is 0 Å². The Labute approximate surface area is 198 Å². The molecule has 0 atom stereocenters. The van der Waals surface area contributed by atoms with Gasteiger partial charge in [0, 0.05) is 5.02 Å². The highest BCUT2D eigenvalue weighted by atomic mass is 35.5. The summed E-state index contributed by atoms with van der Waals surface area (Å²) in [6, 6.07) is 12.5. The zero-order valence-electron chi connectivity index (χ0n) is 19.9. The van der Waals surface area contributed by atoms with Crippen LogP contribution in [0.3, 0.4) is 0 Å². The molecule has 0 spiro atoms. The molecular formula is C26H39ClN3O2+. The molecular weight excluding hydrogens is 422 g/mol. The summed E-state index contributed by atoms with van der Waals surface area (Å²) in [5.74, 6) is 0.268. The van der Waals surface area contributed by atoms with Crippen LogP contribution in [0.1, 0.15) is 63.9 Å². The molecule has 2 aromatic rings. The summed E-state index contributed by atoms with van der Waals surface area (Å²) in [7, 11) is 4.21. The molecule has 2 rings (SSSR count). The molecule has 0 saturated heterocycles. The van der Waals surface area contributed by atoms with Crippen LogP contribution in [0.2, 0.25) is 5.02 Å². The summed E-state index contributed by atoms with van der Waals surface area (Å²) >= 11 is 5.91. The van der Waals surface area contributed by atoms with Gasteiger partial charge >= 0.3 is 0 Å². The highest BCUT2D eigenvalue weighted by molar-refractivity contribution is 6.30. The lowest BCUT2D eigenvalue weighted by Crippen LogP contribution is -2.40. The number of hydrogen-bond acceptors (Lipinski definition) is 4. The lowest BCUT2D eigenvalue weighted by molar-refractivity contribution is -0.922. The maximum absolute atomic E-state index is 10.3. The highest BCUT2D eigenvalue weighted by Gasteiger charge is 2.18. The van der Waals surface area contributed by atoms with Gasteiger partial charge < -0.3 is 14.3 Å². The molecule has 0 aliphatic carbocycles. The number of rotatable bonds is 15. The van der Waals surface area contributed by atoms with Crippen LogP contribution in [0.15, 0.2) is 52.7 Å². The number of unbranched alkanes of at least 4 members (excludes halogenated alkanes) is 7. The maximum Gasteiger partial charge on any atom is 0.182 e. The summed E-state index contributed by atoms with van der Waals surface area (Å²) in [5.41, 5.74) is 2.26. The van der Waals surface area contributed by atoms with Crippen LogP contribution in [0, 0.1) is 0 Å². The normalized spacial score (nSPS) is 12.0. The summed E-state index contributed by atoms with van der Waals surface area (Å²) < 4.78 is 6.57. The second-order valence-electron chi connectivity index (χ2n) is 9.10. The minimum atomic E-state index is 0.268. The van der Waals surface area contributed by atoms with Gasteiger partial charge in [-0.15, -0.1) is 0 Å². The van der Waals surface area contributed by atoms with Gasteiger partial charge in [0.05, 0.1) is 37.6 Å². The average Bonchev–Trinajstić information content (AvgIpc) is 2.76. The van der Waals surface area contributed by atoms with E-state index in [1.165, 1.54) is 44.9 Å². The number of halogens is 1. The van der Waals surface area contributed by atoms with Crippen LogP contribution in [-0.4, -0.2) is 37.0 Å². The Bertz CT molecular complexity index is 822. The first kappa shape index (κ1) is 26.3. The third kappa shape index (κ3) is 10.6. The van der Waals surface area contributed by atoms with Crippen LogP contribution in [0.4, 0.5) is 11.4 Å². The van der Waals surface area contributed by atoms with Gasteiger partial charge in [-0.05, 0) is 48.9 Å². The highest BCUT2D eigenvalue weighted by Crippen LogP contribution is 2.27. The van der Waals surface area contributed by atoms with Crippen LogP contribution in [0.5, 0.6) is 5.75 Å². The Kier molecular flexibility index (Phi) is 11.7. The van der Waals surface area contributed by atoms with Crippen molar-refractivity contribution in [2.24, 2.45) is 10.2 Å². The number of phenols is 1. The standard InChI is InChI=1S/C26H38ClN3O2/c1-4-5-6-7-8-9-10-11-18-32-21-30(2,3)20-22-19-25(16-17-26(22)31)29-28-24-14-12-23(27)13-15-24/h12-17,19H,4-11,18,20-21H2,1-3H3/p+1. The predicted molar refractivity (Wildman–Crippen MR) is 133 cm³/mol. The van der Waals surface area contributed by atoms with E-state index in [1.807, 2.05) is 18.2 Å². The Morgan fingerprint density at radius 2 is 1.44 bits per heavy atom. The molecule has 0 unspecified atom stereocenters. The number of ether oxygens (including phenoxy) is 1. The number of nitrogens with zero attached hydrogens (tertiary/aromatic N) is 3. The third-order valence-electron chi connectivity index (χ3n) is 5.35. The quantitative estimate of drug-likeness (QED) is 0.126. The van der Waals surface area contributed by atoms with Crippen molar-refractivity contribution in [3.8, 4) is 5.75 Å². The van der Waals surface area contributed by atoms with Crippen molar-refractivity contribution in [1.29, 1.82) is 0 Å². The number of azo groups is 1. The van der Waals surface area contributed by atoms with Gasteiger partial charge in [-0.3, -0.25) is 0 Å². The van der Waals surface area contributed by atoms with E-state index in [9.17, 15) is 5.11 Å². The second kappa shape index (κ2) is 14.2. The smallest absolute Gasteiger partial charge is 0.182 e. The Hall–Kier alpha value is -1.95. The minimum absolute atomic E-state index is 0.268. The first-order valence-electron chi connectivity index (χ1n) is 11.8. The van der Waals surface area contributed by atoms with Gasteiger partial charge in [-0.1, -0.05) is 63.5 Å². The van der Waals surface area contributed by atoms with Crippen molar-refractivity contribution in [2.45, 2.75) is 64.8 Å². The zero-order valence-corrected chi connectivity index (χ0v) is 20.7. The van der Waals surface area contributed by atoms with E-state index in [0.717, 1.165) is 24.3 Å². The van der Waals surface area contributed by atoms with Gasteiger partial charge in [0.25, 0.3) is 0 Å². The van der Waals surface area contributed by atoms with Gasteiger partial charge in [0.15, 0.2) is 6.73 Å². The van der Waals surface area contributed by atoms with Crippen molar-refractivity contribution >= 4 is 23.0 Å². The molecule has 0 saturated carbocycles. The first-order chi connectivity index (χ1) is 15.4. The number of quaternary nitrogens is 1. The van der Waals surface area contributed by atoms with Crippen LogP contribution in [0.25, 0.3) is 0 Å². The maximum atomic E-state index is 10.3. The van der Waals surface area contributed by atoms with E-state index in [1.54, 1.807) is 24.3 Å². The molecule has 0 bridgehead atoms. The van der Waals surface area contributed by atoms with Crippen molar-refractivity contribution in [1.82, 2.24) is 0 Å². The van der Waals surface area contributed by atoms with E-state index < -0.39 is 0 Å². The fraction of sp³-hybridized carbons (Fsp3) is 0.538. The molecule has 0 radical (unpaired) electrons. The van der Waals surface area contributed by atoms with E-state index in [2.05, 4.69) is 31.2 Å². The predicted octanol–water partition coefficient (Wildman–Crippen LogP) is 8.15. The molecule has 0 aliphatic heterocycles. The zero-order chi connectivity index (χ0) is 23.2. The molecule has 176 valence electrons. The molecule has 0 fully saturated rings. The van der Waals surface area contributed by atoms with Crippen molar-refractivity contribution in [2.75, 3.05) is 27.4 Å². The van der Waals surface area contributed by atoms with E-state index in [4.69, 9.17) is 16.3 Å². The molecule has 32 heavy (non-hydrogen) atoms. The lowest BCUT2D eigenvalue weighted by Gasteiger charge is -2.29. The minimum Gasteiger partial charge on any atom is -0.507 e.